The zero-order chi connectivity index (χ0) is 6.43. The highest BCUT2D eigenvalue weighted by atomic mass is 79.9. The fourth-order valence-corrected chi connectivity index (χ4v) is 1.24. The van der Waals surface area contributed by atoms with Gasteiger partial charge < -0.3 is 4.74 Å². The van der Waals surface area contributed by atoms with Crippen LogP contribution in [-0.2, 0) is 0 Å². The van der Waals surface area contributed by atoms with Crippen LogP contribution in [0.5, 0.6) is 11.5 Å². The van der Waals surface area contributed by atoms with Crippen LogP contribution in [0, 0.1) is 6.92 Å². The first-order valence-electron chi connectivity index (χ1n) is 2.76. The van der Waals surface area contributed by atoms with E-state index in [1.165, 1.54) is 5.56 Å². The van der Waals surface area contributed by atoms with Gasteiger partial charge in [-0.3, -0.25) is 0 Å². The van der Waals surface area contributed by atoms with Gasteiger partial charge in [-0.15, -0.1) is 0 Å². The summed E-state index contributed by atoms with van der Waals surface area (Å²) in [6.07, 6.45) is 0. The summed E-state index contributed by atoms with van der Waals surface area (Å²) in [5.41, 5.74) is 1.22. The van der Waals surface area contributed by atoms with Crippen molar-refractivity contribution >= 4 is 15.9 Å². The van der Waals surface area contributed by atoms with Gasteiger partial charge in [0.2, 0.25) is 0 Å². The van der Waals surface area contributed by atoms with Gasteiger partial charge in [0.25, 0.3) is 0 Å². The number of fused-ring (bicyclic) bond motifs is 1. The van der Waals surface area contributed by atoms with Gasteiger partial charge in [0.05, 0.1) is 4.47 Å². The third kappa shape index (κ3) is 0.663. The van der Waals surface area contributed by atoms with Crippen LogP contribution in [0.3, 0.4) is 0 Å². The second-order valence-corrected chi connectivity index (χ2v) is 2.98. The smallest absolute Gasteiger partial charge is 0.184 e. The fourth-order valence-electron chi connectivity index (χ4n) is 0.843. The van der Waals surface area contributed by atoms with Gasteiger partial charge in [-0.05, 0) is 34.5 Å². The Morgan fingerprint density at radius 3 is 2.78 bits per heavy atom. The standard InChI is InChI=1S/C7H5BrO/c1-4-2-3-5(8)7-6(4)9-7/h2-3H,1H3. The van der Waals surface area contributed by atoms with Crippen molar-refractivity contribution in [3.8, 4) is 11.5 Å². The summed E-state index contributed by atoms with van der Waals surface area (Å²) in [7, 11) is 0. The molecular weight excluding hydrogens is 180 g/mol. The Hall–Kier alpha value is -0.500. The summed E-state index contributed by atoms with van der Waals surface area (Å²) in [4.78, 5) is 0. The van der Waals surface area contributed by atoms with Crippen LogP contribution in [-0.4, -0.2) is 0 Å². The average Bonchev–Trinajstić information content (AvgIpc) is 2.57. The maximum Gasteiger partial charge on any atom is 0.184 e. The van der Waals surface area contributed by atoms with E-state index in [9.17, 15) is 0 Å². The van der Waals surface area contributed by atoms with Crippen molar-refractivity contribution < 1.29 is 4.74 Å². The first-order chi connectivity index (χ1) is 4.29. The summed E-state index contributed by atoms with van der Waals surface area (Å²) in [5, 5.41) is 0. The van der Waals surface area contributed by atoms with Gasteiger partial charge in [0.15, 0.2) is 11.5 Å². The number of hydrogen-bond acceptors (Lipinski definition) is 1. The second kappa shape index (κ2) is 1.51. The van der Waals surface area contributed by atoms with Crippen LogP contribution in [0.25, 0.3) is 0 Å². The lowest BCUT2D eigenvalue weighted by molar-refractivity contribution is 0.644. The molecule has 0 saturated carbocycles. The minimum absolute atomic E-state index is 1.01. The molecule has 0 unspecified atom stereocenters. The number of hydrogen-bond donors (Lipinski definition) is 0. The van der Waals surface area contributed by atoms with Crippen LogP contribution < -0.4 is 4.74 Å². The first kappa shape index (κ1) is 5.30. The molecule has 0 radical (unpaired) electrons. The van der Waals surface area contributed by atoms with E-state index in [0.29, 0.717) is 0 Å². The Balaban J connectivity index is 2.68. The lowest BCUT2D eigenvalue weighted by Crippen LogP contribution is -1.59. The van der Waals surface area contributed by atoms with Crippen molar-refractivity contribution in [2.45, 2.75) is 6.92 Å². The monoisotopic (exact) mass is 184 g/mol. The number of rotatable bonds is 0. The Morgan fingerprint density at radius 1 is 1.33 bits per heavy atom. The zero-order valence-corrected chi connectivity index (χ0v) is 6.53. The van der Waals surface area contributed by atoms with E-state index in [1.807, 2.05) is 19.1 Å². The minimum atomic E-state index is 1.01. The molecule has 0 fully saturated rings. The third-order valence-corrected chi connectivity index (χ3v) is 2.05. The Morgan fingerprint density at radius 2 is 2.11 bits per heavy atom. The van der Waals surface area contributed by atoms with E-state index < -0.39 is 0 Å². The molecule has 46 valence electrons. The van der Waals surface area contributed by atoms with E-state index in [2.05, 4.69) is 15.9 Å². The van der Waals surface area contributed by atoms with E-state index in [0.717, 1.165) is 16.0 Å². The third-order valence-electron chi connectivity index (χ3n) is 1.42. The summed E-state index contributed by atoms with van der Waals surface area (Å²) in [6, 6.07) is 4.04. The highest BCUT2D eigenvalue weighted by Crippen LogP contribution is 2.52. The van der Waals surface area contributed by atoms with Crippen molar-refractivity contribution in [3.05, 3.63) is 22.2 Å². The molecule has 9 heavy (non-hydrogen) atoms. The molecule has 0 aromatic heterocycles. The summed E-state index contributed by atoms with van der Waals surface area (Å²) in [6.45, 7) is 2.04. The quantitative estimate of drug-likeness (QED) is 0.575. The zero-order valence-electron chi connectivity index (χ0n) is 4.94. The number of ether oxygens (including phenoxy) is 1. The van der Waals surface area contributed by atoms with Gasteiger partial charge in [-0.25, -0.2) is 0 Å². The molecule has 1 aliphatic rings. The molecule has 0 atom stereocenters. The molecule has 0 aliphatic carbocycles. The van der Waals surface area contributed by atoms with Crippen LogP contribution in [0.1, 0.15) is 5.56 Å². The molecule has 0 amide bonds. The van der Waals surface area contributed by atoms with Crippen LogP contribution in [0.4, 0.5) is 0 Å². The molecule has 0 N–H and O–H groups in total. The SMILES string of the molecule is Cc1ccc(Br)c2c1O2. The molecule has 1 nitrogen and oxygen atoms in total. The van der Waals surface area contributed by atoms with Gasteiger partial charge in [0.1, 0.15) is 0 Å². The van der Waals surface area contributed by atoms with Crippen LogP contribution in [0.15, 0.2) is 16.6 Å². The Kier molecular flexibility index (Phi) is 0.887. The molecule has 1 heterocycles. The lowest BCUT2D eigenvalue weighted by Gasteiger charge is -1.81. The predicted octanol–water partition coefficient (Wildman–Crippen LogP) is 2.86. The normalized spacial score (nSPS) is 12.2. The number of halogens is 1. The molecule has 2 heteroatoms. The molecule has 1 aliphatic heterocycles. The predicted molar refractivity (Wildman–Crippen MR) is 39.0 cm³/mol. The number of aryl methyl sites for hydroxylation is 1. The second-order valence-electron chi connectivity index (χ2n) is 2.12. The average molecular weight is 185 g/mol. The molecule has 2 rings (SSSR count). The largest absolute Gasteiger partial charge is 0.448 e. The van der Waals surface area contributed by atoms with E-state index in [4.69, 9.17) is 4.74 Å². The van der Waals surface area contributed by atoms with E-state index in [1.54, 1.807) is 0 Å². The van der Waals surface area contributed by atoms with Crippen molar-refractivity contribution in [2.75, 3.05) is 0 Å². The van der Waals surface area contributed by atoms with Gasteiger partial charge in [0, 0.05) is 0 Å². The van der Waals surface area contributed by atoms with Crippen LogP contribution >= 0.6 is 15.9 Å². The minimum Gasteiger partial charge on any atom is -0.448 e. The Labute approximate surface area is 61.8 Å². The highest BCUT2D eigenvalue weighted by Gasteiger charge is 2.25. The van der Waals surface area contributed by atoms with Gasteiger partial charge in [-0.1, -0.05) is 6.07 Å². The molecule has 1 aromatic carbocycles. The van der Waals surface area contributed by atoms with E-state index >= 15 is 0 Å². The molecule has 0 spiro atoms. The van der Waals surface area contributed by atoms with Crippen molar-refractivity contribution in [1.82, 2.24) is 0 Å². The topological polar surface area (TPSA) is 12.5 Å². The molecular formula is C7H5BrO. The lowest BCUT2D eigenvalue weighted by atomic mass is 10.2. The Bertz CT molecular complexity index is 241. The van der Waals surface area contributed by atoms with Gasteiger partial charge in [-0.2, -0.15) is 0 Å². The van der Waals surface area contributed by atoms with Crippen LogP contribution in [0.2, 0.25) is 0 Å². The van der Waals surface area contributed by atoms with E-state index in [-0.39, 0.29) is 0 Å². The number of benzene rings is 1. The molecule has 0 saturated heterocycles. The highest BCUT2D eigenvalue weighted by molar-refractivity contribution is 9.10. The maximum absolute atomic E-state index is 5.15. The summed E-state index contributed by atoms with van der Waals surface area (Å²) < 4.78 is 6.21. The van der Waals surface area contributed by atoms with Crippen molar-refractivity contribution in [3.63, 3.8) is 0 Å². The maximum atomic E-state index is 5.15. The van der Waals surface area contributed by atoms with Crippen molar-refractivity contribution in [1.29, 1.82) is 0 Å². The molecule has 0 bridgehead atoms. The summed E-state index contributed by atoms with van der Waals surface area (Å²) in [5.74, 6) is 2.05. The fraction of sp³-hybridized carbons (Fsp3) is 0.143. The molecule has 1 aromatic rings. The van der Waals surface area contributed by atoms with Crippen molar-refractivity contribution in [2.24, 2.45) is 0 Å². The summed E-state index contributed by atoms with van der Waals surface area (Å²) >= 11 is 3.36. The van der Waals surface area contributed by atoms with Gasteiger partial charge >= 0.3 is 0 Å². The first-order valence-corrected chi connectivity index (χ1v) is 3.55.